The van der Waals surface area contributed by atoms with E-state index < -0.39 is 11.2 Å². The van der Waals surface area contributed by atoms with Crippen LogP contribution in [0.2, 0.25) is 0 Å². The van der Waals surface area contributed by atoms with Crippen LogP contribution in [0.3, 0.4) is 0 Å². The zero-order valence-corrected chi connectivity index (χ0v) is 20.0. The van der Waals surface area contributed by atoms with E-state index >= 15 is 0 Å². The number of nitrogens with zero attached hydrogens (tertiary/aromatic N) is 3. The molecular weight excluding hydrogens is 468 g/mol. The largest absolute Gasteiger partial charge is 0.395 e. The molecule has 33 heavy (non-hydrogen) atoms. The Morgan fingerprint density at radius 1 is 1.12 bits per heavy atom. The number of hydrogen-bond donors (Lipinski definition) is 1. The summed E-state index contributed by atoms with van der Waals surface area (Å²) in [4.78, 5) is 32.6. The highest BCUT2D eigenvalue weighted by Crippen LogP contribution is 2.35. The molecule has 0 unspecified atom stereocenters. The van der Waals surface area contributed by atoms with Gasteiger partial charge in [0.25, 0.3) is 5.56 Å². The predicted octanol–water partition coefficient (Wildman–Crippen LogP) is 3.49. The minimum atomic E-state index is -0.839. The van der Waals surface area contributed by atoms with Crippen LogP contribution in [0.1, 0.15) is 34.5 Å². The minimum absolute atomic E-state index is 0. The molecule has 1 aliphatic rings. The maximum absolute atomic E-state index is 13.2. The zero-order chi connectivity index (χ0) is 22.0. The lowest BCUT2D eigenvalue weighted by molar-refractivity contribution is 0.0356. The highest BCUT2D eigenvalue weighted by molar-refractivity contribution is 6.00. The van der Waals surface area contributed by atoms with Gasteiger partial charge in [0.1, 0.15) is 11.5 Å². The molecule has 0 spiro atoms. The van der Waals surface area contributed by atoms with Crippen molar-refractivity contribution in [2.75, 3.05) is 26.2 Å². The first-order chi connectivity index (χ1) is 14.9. The van der Waals surface area contributed by atoms with E-state index in [2.05, 4.69) is 9.88 Å². The van der Waals surface area contributed by atoms with Crippen LogP contribution < -0.4 is 5.56 Å². The third-order valence-electron chi connectivity index (χ3n) is 6.42. The number of carbonyl (C=O) groups is 1. The molecule has 0 atom stereocenters. The first kappa shape index (κ1) is 26.9. The lowest BCUT2D eigenvalue weighted by Crippen LogP contribution is -2.47. The van der Waals surface area contributed by atoms with Crippen molar-refractivity contribution in [3.05, 3.63) is 81.7 Å². The Bertz CT molecular complexity index is 1160. The maximum atomic E-state index is 13.2. The Hall–Kier alpha value is -2.32. The number of pyridine rings is 1. The predicted molar refractivity (Wildman–Crippen MR) is 130 cm³/mol. The normalized spacial score (nSPS) is 15.5. The smallest absolute Gasteiger partial charge is 0.261 e. The fourth-order valence-electron chi connectivity index (χ4n) is 4.36. The SMILES string of the molecule is Cc1nc2ccccn2c(=O)c1CCN1CCC(CO)(C(=O)c2ccc(F)cc2)CC1.Cl.Cl. The number of ketones is 1. The number of halogens is 3. The average molecular weight is 496 g/mol. The molecule has 1 fully saturated rings. The van der Waals surface area contributed by atoms with E-state index in [0.717, 1.165) is 5.69 Å². The van der Waals surface area contributed by atoms with Crippen molar-refractivity contribution in [2.24, 2.45) is 5.41 Å². The number of fused-ring (bicyclic) bond motifs is 1. The molecule has 0 radical (unpaired) electrons. The van der Waals surface area contributed by atoms with Gasteiger partial charge in [-0.2, -0.15) is 0 Å². The second-order valence-corrected chi connectivity index (χ2v) is 8.28. The lowest BCUT2D eigenvalue weighted by Gasteiger charge is -2.39. The summed E-state index contributed by atoms with van der Waals surface area (Å²) < 4.78 is 14.8. The fraction of sp³-hybridized carbons (Fsp3) is 0.375. The number of hydrogen-bond acceptors (Lipinski definition) is 5. The number of likely N-dealkylation sites (tertiary alicyclic amines) is 1. The van der Waals surface area contributed by atoms with Gasteiger partial charge in [0.2, 0.25) is 0 Å². The van der Waals surface area contributed by atoms with Crippen molar-refractivity contribution in [2.45, 2.75) is 26.2 Å². The van der Waals surface area contributed by atoms with E-state index in [9.17, 15) is 19.1 Å². The highest BCUT2D eigenvalue weighted by atomic mass is 35.5. The van der Waals surface area contributed by atoms with Gasteiger partial charge < -0.3 is 10.0 Å². The molecule has 0 saturated carbocycles. The molecule has 4 rings (SSSR count). The van der Waals surface area contributed by atoms with Crippen molar-refractivity contribution in [1.82, 2.24) is 14.3 Å². The Kier molecular flexibility index (Phi) is 9.14. The van der Waals surface area contributed by atoms with E-state index in [1.807, 2.05) is 25.1 Å². The van der Waals surface area contributed by atoms with Crippen molar-refractivity contribution in [1.29, 1.82) is 0 Å². The summed E-state index contributed by atoms with van der Waals surface area (Å²) in [5.41, 5.74) is 1.62. The van der Waals surface area contributed by atoms with Gasteiger partial charge >= 0.3 is 0 Å². The van der Waals surface area contributed by atoms with Crippen molar-refractivity contribution in [3.63, 3.8) is 0 Å². The molecule has 3 aromatic rings. The molecule has 178 valence electrons. The number of aromatic nitrogens is 2. The van der Waals surface area contributed by atoms with Crippen LogP contribution in [0, 0.1) is 18.2 Å². The van der Waals surface area contributed by atoms with Gasteiger partial charge in [-0.25, -0.2) is 9.37 Å². The standard InChI is InChI=1S/C24H26FN3O3.2ClH/c1-17-20(23(31)28-12-3-2-4-21(28)26-17)9-13-27-14-10-24(16-29,11-15-27)22(30)18-5-7-19(25)8-6-18;;/h2-8,12,29H,9-11,13-16H2,1H3;2*1H. The van der Waals surface area contributed by atoms with Gasteiger partial charge in [-0.05, 0) is 75.7 Å². The summed E-state index contributed by atoms with van der Waals surface area (Å²) in [6, 6.07) is 11.0. The molecule has 3 heterocycles. The van der Waals surface area contributed by atoms with Gasteiger partial charge in [0, 0.05) is 29.6 Å². The van der Waals surface area contributed by atoms with Gasteiger partial charge in [0.05, 0.1) is 12.0 Å². The molecule has 0 amide bonds. The Labute approximate surface area is 204 Å². The van der Waals surface area contributed by atoms with Gasteiger partial charge in [-0.3, -0.25) is 14.0 Å². The first-order valence-electron chi connectivity index (χ1n) is 10.5. The molecule has 1 saturated heterocycles. The van der Waals surface area contributed by atoms with E-state index in [0.29, 0.717) is 55.7 Å². The molecule has 1 aromatic carbocycles. The second-order valence-electron chi connectivity index (χ2n) is 8.28. The quantitative estimate of drug-likeness (QED) is 0.529. The first-order valence-corrected chi connectivity index (χ1v) is 10.5. The zero-order valence-electron chi connectivity index (χ0n) is 18.4. The number of Topliss-reactive ketones (excluding diaryl/α,β-unsaturated/α-hetero) is 1. The Balaban J connectivity index is 0.00000193. The maximum Gasteiger partial charge on any atom is 0.261 e. The van der Waals surface area contributed by atoms with Crippen LogP contribution in [-0.4, -0.2) is 51.4 Å². The Morgan fingerprint density at radius 2 is 1.79 bits per heavy atom. The van der Waals surface area contributed by atoms with Crippen LogP contribution >= 0.6 is 24.8 Å². The summed E-state index contributed by atoms with van der Waals surface area (Å²) in [6.45, 7) is 3.61. The number of aryl methyl sites for hydroxylation is 1. The number of aliphatic hydroxyl groups excluding tert-OH is 1. The minimum Gasteiger partial charge on any atom is -0.395 e. The average Bonchev–Trinajstić information content (AvgIpc) is 2.79. The number of carbonyl (C=O) groups excluding carboxylic acids is 1. The summed E-state index contributed by atoms with van der Waals surface area (Å²) in [6.07, 6.45) is 3.35. The van der Waals surface area contributed by atoms with E-state index in [1.165, 1.54) is 24.3 Å². The molecule has 9 heteroatoms. The third kappa shape index (κ3) is 5.44. The molecule has 0 aliphatic carbocycles. The van der Waals surface area contributed by atoms with Gasteiger partial charge in [0.15, 0.2) is 5.78 Å². The van der Waals surface area contributed by atoms with E-state index in [-0.39, 0.29) is 42.8 Å². The van der Waals surface area contributed by atoms with Crippen LogP contribution in [0.5, 0.6) is 0 Å². The number of rotatable bonds is 6. The fourth-order valence-corrected chi connectivity index (χ4v) is 4.36. The summed E-state index contributed by atoms with van der Waals surface area (Å²) in [7, 11) is 0. The summed E-state index contributed by atoms with van der Waals surface area (Å²) >= 11 is 0. The Morgan fingerprint density at radius 3 is 2.42 bits per heavy atom. The number of piperidine rings is 1. The molecule has 2 aromatic heterocycles. The second kappa shape index (κ2) is 11.2. The van der Waals surface area contributed by atoms with Crippen molar-refractivity contribution in [3.8, 4) is 0 Å². The van der Waals surface area contributed by atoms with E-state index in [1.54, 1.807) is 10.6 Å². The monoisotopic (exact) mass is 495 g/mol. The molecular formula is C24H28Cl2FN3O3. The number of aliphatic hydroxyl groups is 1. The van der Waals surface area contributed by atoms with Crippen LogP contribution in [0.4, 0.5) is 4.39 Å². The topological polar surface area (TPSA) is 74.9 Å². The van der Waals surface area contributed by atoms with Crippen molar-refractivity contribution >= 4 is 36.2 Å². The molecule has 1 N–H and O–H groups in total. The van der Waals surface area contributed by atoms with Gasteiger partial charge in [-0.15, -0.1) is 24.8 Å². The lowest BCUT2D eigenvalue weighted by atomic mass is 9.73. The highest BCUT2D eigenvalue weighted by Gasteiger charge is 2.41. The summed E-state index contributed by atoms with van der Waals surface area (Å²) in [5, 5.41) is 10.0. The van der Waals surface area contributed by atoms with Crippen LogP contribution in [0.25, 0.3) is 5.65 Å². The van der Waals surface area contributed by atoms with Gasteiger partial charge in [-0.1, -0.05) is 6.07 Å². The summed E-state index contributed by atoms with van der Waals surface area (Å²) in [5.74, 6) is -0.527. The van der Waals surface area contributed by atoms with Crippen LogP contribution in [0.15, 0.2) is 53.5 Å². The van der Waals surface area contributed by atoms with Crippen molar-refractivity contribution < 1.29 is 14.3 Å². The van der Waals surface area contributed by atoms with Crippen LogP contribution in [-0.2, 0) is 6.42 Å². The number of benzene rings is 1. The molecule has 1 aliphatic heterocycles. The molecule has 6 nitrogen and oxygen atoms in total. The third-order valence-corrected chi connectivity index (χ3v) is 6.42. The molecule has 0 bridgehead atoms. The van der Waals surface area contributed by atoms with E-state index in [4.69, 9.17) is 0 Å².